The molecule has 1 heterocycles. The normalized spacial score (nSPS) is 25.8. The van der Waals surface area contributed by atoms with Crippen molar-refractivity contribution in [2.24, 2.45) is 5.92 Å². The highest BCUT2D eigenvalue weighted by Crippen LogP contribution is 2.28. The fraction of sp³-hybridized carbons (Fsp3) is 0.941. The van der Waals surface area contributed by atoms with E-state index in [1.807, 2.05) is 0 Å². The molecular formula is C17H32N2O2. The number of nitrogens with one attached hydrogen (secondary N) is 1. The summed E-state index contributed by atoms with van der Waals surface area (Å²) in [5.41, 5.74) is 0. The van der Waals surface area contributed by atoms with Gasteiger partial charge in [0.25, 0.3) is 0 Å². The van der Waals surface area contributed by atoms with Crippen molar-refractivity contribution >= 4 is 5.91 Å². The summed E-state index contributed by atoms with van der Waals surface area (Å²) in [5.74, 6) is 1.13. The van der Waals surface area contributed by atoms with E-state index < -0.39 is 0 Å². The molecule has 2 fully saturated rings. The number of unbranched alkanes of at least 4 members (excludes halogenated alkanes) is 1. The van der Waals surface area contributed by atoms with Crippen molar-refractivity contribution in [3.05, 3.63) is 0 Å². The van der Waals surface area contributed by atoms with Crippen LogP contribution in [0.2, 0.25) is 0 Å². The summed E-state index contributed by atoms with van der Waals surface area (Å²) in [6.45, 7) is 6.91. The minimum Gasteiger partial charge on any atom is -0.381 e. The summed E-state index contributed by atoms with van der Waals surface area (Å²) in [5, 5.41) is 3.53. The molecule has 1 amide bonds. The maximum Gasteiger partial charge on any atom is 0.241 e. The second-order valence-corrected chi connectivity index (χ2v) is 6.57. The fourth-order valence-corrected chi connectivity index (χ4v) is 3.01. The molecule has 0 radical (unpaired) electrons. The van der Waals surface area contributed by atoms with Crippen LogP contribution in [0.15, 0.2) is 0 Å². The first-order valence-corrected chi connectivity index (χ1v) is 8.90. The lowest BCUT2D eigenvalue weighted by atomic mass is 10.1. The molecule has 1 aliphatic heterocycles. The van der Waals surface area contributed by atoms with Crippen LogP contribution in [0, 0.1) is 5.92 Å². The number of carbonyl (C=O) groups excluding carboxylic acids is 1. The molecule has 1 N–H and O–H groups in total. The highest BCUT2D eigenvalue weighted by atomic mass is 16.5. The van der Waals surface area contributed by atoms with E-state index in [9.17, 15) is 4.79 Å². The first-order valence-electron chi connectivity index (χ1n) is 8.90. The zero-order chi connectivity index (χ0) is 15.1. The number of carbonyl (C=O) groups is 1. The Morgan fingerprint density at radius 1 is 1.19 bits per heavy atom. The molecule has 2 atom stereocenters. The average molecular weight is 296 g/mol. The Morgan fingerprint density at radius 3 is 2.67 bits per heavy atom. The quantitative estimate of drug-likeness (QED) is 0.596. The van der Waals surface area contributed by atoms with Crippen LogP contribution in [0.5, 0.6) is 0 Å². The van der Waals surface area contributed by atoms with Crippen molar-refractivity contribution in [3.8, 4) is 0 Å². The zero-order valence-electron chi connectivity index (χ0n) is 13.8. The smallest absolute Gasteiger partial charge is 0.241 e. The average Bonchev–Trinajstić information content (AvgIpc) is 3.25. The van der Waals surface area contributed by atoms with Crippen LogP contribution in [-0.4, -0.2) is 42.8 Å². The monoisotopic (exact) mass is 296 g/mol. The number of ether oxygens (including phenoxy) is 1. The molecule has 4 nitrogen and oxygen atoms in total. The van der Waals surface area contributed by atoms with Gasteiger partial charge < -0.3 is 9.64 Å². The Bertz CT molecular complexity index is 318. The number of nitrogens with zero attached hydrogens (tertiary/aromatic N) is 1. The van der Waals surface area contributed by atoms with Crippen molar-refractivity contribution in [1.29, 1.82) is 0 Å². The van der Waals surface area contributed by atoms with Crippen molar-refractivity contribution in [2.75, 3.05) is 19.8 Å². The van der Waals surface area contributed by atoms with Gasteiger partial charge in [-0.25, -0.2) is 0 Å². The van der Waals surface area contributed by atoms with Gasteiger partial charge in [0.1, 0.15) is 0 Å². The van der Waals surface area contributed by atoms with Crippen molar-refractivity contribution in [3.63, 3.8) is 0 Å². The van der Waals surface area contributed by atoms with E-state index in [1.165, 1.54) is 12.8 Å². The summed E-state index contributed by atoms with van der Waals surface area (Å²) in [7, 11) is 0. The standard InChI is InChI=1S/C17H32N2O2/c1-3-5-8-15-17(20)19(16(18-15)7-4-2)11-6-12-21-13-14-9-10-14/h14-16,18H,3-13H2,1-2H3. The molecule has 0 aromatic heterocycles. The Balaban J connectivity index is 1.71. The third-order valence-corrected chi connectivity index (χ3v) is 4.50. The maximum absolute atomic E-state index is 12.5. The van der Waals surface area contributed by atoms with Gasteiger partial charge in [-0.2, -0.15) is 0 Å². The van der Waals surface area contributed by atoms with Gasteiger partial charge in [-0.15, -0.1) is 0 Å². The van der Waals surface area contributed by atoms with Gasteiger partial charge in [-0.3, -0.25) is 10.1 Å². The lowest BCUT2D eigenvalue weighted by Gasteiger charge is -2.23. The third kappa shape index (κ3) is 5.26. The molecule has 2 unspecified atom stereocenters. The fourth-order valence-electron chi connectivity index (χ4n) is 3.01. The van der Waals surface area contributed by atoms with Crippen LogP contribution in [-0.2, 0) is 9.53 Å². The summed E-state index contributed by atoms with van der Waals surface area (Å²) >= 11 is 0. The summed E-state index contributed by atoms with van der Waals surface area (Å²) in [6.07, 6.45) is 9.30. The molecule has 21 heavy (non-hydrogen) atoms. The van der Waals surface area contributed by atoms with E-state index in [0.717, 1.165) is 64.2 Å². The van der Waals surface area contributed by atoms with Crippen LogP contribution < -0.4 is 5.32 Å². The second kappa shape index (κ2) is 8.74. The number of amides is 1. The van der Waals surface area contributed by atoms with E-state index in [2.05, 4.69) is 24.1 Å². The largest absolute Gasteiger partial charge is 0.381 e. The summed E-state index contributed by atoms with van der Waals surface area (Å²) in [4.78, 5) is 14.6. The third-order valence-electron chi connectivity index (χ3n) is 4.50. The summed E-state index contributed by atoms with van der Waals surface area (Å²) < 4.78 is 5.68. The zero-order valence-corrected chi connectivity index (χ0v) is 13.8. The van der Waals surface area contributed by atoms with Crippen molar-refractivity contribution < 1.29 is 9.53 Å². The van der Waals surface area contributed by atoms with E-state index >= 15 is 0 Å². The molecule has 4 heteroatoms. The molecule has 2 aliphatic rings. The first kappa shape index (κ1) is 16.8. The number of hydrogen-bond acceptors (Lipinski definition) is 3. The highest BCUT2D eigenvalue weighted by molar-refractivity contribution is 5.84. The van der Waals surface area contributed by atoms with Crippen LogP contribution in [0.1, 0.15) is 65.2 Å². The topological polar surface area (TPSA) is 41.6 Å². The Hall–Kier alpha value is -0.610. The van der Waals surface area contributed by atoms with Gasteiger partial charge in [0.05, 0.1) is 12.2 Å². The maximum atomic E-state index is 12.5. The van der Waals surface area contributed by atoms with Crippen LogP contribution >= 0.6 is 0 Å². The second-order valence-electron chi connectivity index (χ2n) is 6.57. The molecule has 2 rings (SSSR count). The Labute approximate surface area is 129 Å². The minimum absolute atomic E-state index is 0.0499. The molecular weight excluding hydrogens is 264 g/mol. The summed E-state index contributed by atoms with van der Waals surface area (Å²) in [6, 6.07) is 0.0499. The molecule has 0 bridgehead atoms. The number of hydrogen-bond donors (Lipinski definition) is 1. The van der Waals surface area contributed by atoms with E-state index in [1.54, 1.807) is 0 Å². The molecule has 1 saturated heterocycles. The lowest BCUT2D eigenvalue weighted by Crippen LogP contribution is -2.38. The van der Waals surface area contributed by atoms with Crippen LogP contribution in [0.4, 0.5) is 0 Å². The van der Waals surface area contributed by atoms with E-state index in [-0.39, 0.29) is 12.2 Å². The van der Waals surface area contributed by atoms with Crippen molar-refractivity contribution in [2.45, 2.75) is 77.4 Å². The molecule has 0 aromatic carbocycles. The van der Waals surface area contributed by atoms with Crippen LogP contribution in [0.3, 0.4) is 0 Å². The van der Waals surface area contributed by atoms with Gasteiger partial charge in [-0.05, 0) is 38.0 Å². The SMILES string of the molecule is CCCCC1NC(CCC)N(CCCOCC2CC2)C1=O. The van der Waals surface area contributed by atoms with Gasteiger partial charge in [0.15, 0.2) is 0 Å². The first-order chi connectivity index (χ1) is 10.3. The Morgan fingerprint density at radius 2 is 2.00 bits per heavy atom. The molecule has 122 valence electrons. The minimum atomic E-state index is 0.0499. The Kier molecular flexibility index (Phi) is 6.97. The molecule has 1 aliphatic carbocycles. The van der Waals surface area contributed by atoms with Gasteiger partial charge in [0.2, 0.25) is 5.91 Å². The highest BCUT2D eigenvalue weighted by Gasteiger charge is 2.37. The van der Waals surface area contributed by atoms with Gasteiger partial charge >= 0.3 is 0 Å². The molecule has 0 aromatic rings. The molecule has 1 saturated carbocycles. The molecule has 0 spiro atoms. The lowest BCUT2D eigenvalue weighted by molar-refractivity contribution is -0.130. The van der Waals surface area contributed by atoms with E-state index in [4.69, 9.17) is 4.74 Å². The predicted octanol–water partition coefficient (Wildman–Crippen LogP) is 2.92. The predicted molar refractivity (Wildman–Crippen MR) is 85.0 cm³/mol. The van der Waals surface area contributed by atoms with Gasteiger partial charge in [-0.1, -0.05) is 33.1 Å². The van der Waals surface area contributed by atoms with Gasteiger partial charge in [0, 0.05) is 19.8 Å². The van der Waals surface area contributed by atoms with Crippen LogP contribution in [0.25, 0.3) is 0 Å². The van der Waals surface area contributed by atoms with E-state index in [0.29, 0.717) is 5.91 Å². The number of rotatable bonds is 11. The van der Waals surface area contributed by atoms with Crippen molar-refractivity contribution in [1.82, 2.24) is 10.2 Å².